The number of piperidine rings is 1. The van der Waals surface area contributed by atoms with Crippen LogP contribution in [0, 0.1) is 11.7 Å². The first kappa shape index (κ1) is 39.3. The third-order valence-electron chi connectivity index (χ3n) is 10.7. The lowest BCUT2D eigenvalue weighted by Crippen LogP contribution is -2.55. The standard InChI is InChI=1S/C40H55FN8O5/c1-40(2,3)54-39(53)42-13-6-14-45-15-11-29(12-16-45)27-46-17-19-47(20-18-46)28-36(50)48-21-23-49(24-22-48)38(52)33-25-30(9-10-34(33)41)26-35-31-7-4-5-8-32(31)37(51)44-43-35/h4-5,7-10,25,29H,6,11-24,26-28H2,1-3H3,(H,42,53)(H,44,51). The molecule has 0 saturated carbocycles. The molecule has 0 unspecified atom stereocenters. The number of ether oxygens (including phenoxy) is 1. The third-order valence-corrected chi connectivity index (χ3v) is 10.7. The average Bonchev–Trinajstić information content (AvgIpc) is 3.16. The maximum Gasteiger partial charge on any atom is 0.407 e. The number of aromatic amines is 1. The summed E-state index contributed by atoms with van der Waals surface area (Å²) in [7, 11) is 0. The Kier molecular flexibility index (Phi) is 13.0. The summed E-state index contributed by atoms with van der Waals surface area (Å²) in [6, 6.07) is 11.7. The molecule has 0 radical (unpaired) electrons. The van der Waals surface area contributed by atoms with Crippen molar-refractivity contribution in [1.29, 1.82) is 0 Å². The van der Waals surface area contributed by atoms with E-state index in [1.54, 1.807) is 29.2 Å². The molecule has 3 aromatic rings. The highest BCUT2D eigenvalue weighted by Gasteiger charge is 2.29. The van der Waals surface area contributed by atoms with E-state index in [2.05, 4.69) is 30.2 Å². The molecule has 2 aromatic carbocycles. The van der Waals surface area contributed by atoms with Crippen molar-refractivity contribution in [2.75, 3.05) is 91.6 Å². The fourth-order valence-corrected chi connectivity index (χ4v) is 7.66. The lowest BCUT2D eigenvalue weighted by molar-refractivity contribution is -0.134. The van der Waals surface area contributed by atoms with Gasteiger partial charge in [0.05, 0.1) is 23.2 Å². The van der Waals surface area contributed by atoms with Gasteiger partial charge in [-0.25, -0.2) is 14.3 Å². The number of halogens is 1. The van der Waals surface area contributed by atoms with Gasteiger partial charge in [0.1, 0.15) is 11.4 Å². The first-order chi connectivity index (χ1) is 25.9. The number of piperazine rings is 2. The molecular formula is C40H55FN8O5. The number of hydrogen-bond donors (Lipinski definition) is 2. The molecule has 3 saturated heterocycles. The topological polar surface area (TPSA) is 134 Å². The van der Waals surface area contributed by atoms with Crippen molar-refractivity contribution in [3.63, 3.8) is 0 Å². The largest absolute Gasteiger partial charge is 0.444 e. The van der Waals surface area contributed by atoms with Crippen molar-refractivity contribution < 1.29 is 23.5 Å². The summed E-state index contributed by atoms with van der Waals surface area (Å²) in [4.78, 5) is 61.4. The number of aromatic nitrogens is 2. The zero-order valence-electron chi connectivity index (χ0n) is 31.9. The fraction of sp³-hybridized carbons (Fsp3) is 0.575. The number of fused-ring (bicyclic) bond motifs is 1. The van der Waals surface area contributed by atoms with E-state index in [9.17, 15) is 23.6 Å². The van der Waals surface area contributed by atoms with E-state index in [4.69, 9.17) is 4.74 Å². The highest BCUT2D eigenvalue weighted by Crippen LogP contribution is 2.22. The van der Waals surface area contributed by atoms with Gasteiger partial charge in [0.25, 0.3) is 11.5 Å². The number of carbonyl (C=O) groups is 3. The molecule has 3 fully saturated rings. The van der Waals surface area contributed by atoms with Crippen LogP contribution in [0.2, 0.25) is 0 Å². The summed E-state index contributed by atoms with van der Waals surface area (Å²) in [5, 5.41) is 10.8. The molecule has 0 bridgehead atoms. The van der Waals surface area contributed by atoms with Crippen LogP contribution in [0.3, 0.4) is 0 Å². The minimum atomic E-state index is -0.590. The molecule has 3 aliphatic heterocycles. The van der Waals surface area contributed by atoms with Crippen LogP contribution >= 0.6 is 0 Å². The first-order valence-corrected chi connectivity index (χ1v) is 19.4. The monoisotopic (exact) mass is 746 g/mol. The predicted octanol–water partition coefficient (Wildman–Crippen LogP) is 3.18. The number of H-pyrrole nitrogens is 1. The number of nitrogens with one attached hydrogen (secondary N) is 2. The summed E-state index contributed by atoms with van der Waals surface area (Å²) >= 11 is 0. The SMILES string of the molecule is CC(C)(C)OC(=O)NCCCN1CCC(CN2CCN(CC(=O)N3CCN(C(=O)c4cc(Cc5n[nH]c(=O)c6ccccc56)ccc4F)CC3)CC2)CC1. The Morgan fingerprint density at radius 2 is 1.54 bits per heavy atom. The van der Waals surface area contributed by atoms with Crippen LogP contribution in [-0.4, -0.2) is 150 Å². The van der Waals surface area contributed by atoms with Crippen LogP contribution in [0.5, 0.6) is 0 Å². The summed E-state index contributed by atoms with van der Waals surface area (Å²) in [6.07, 6.45) is 3.23. The summed E-state index contributed by atoms with van der Waals surface area (Å²) in [6.45, 7) is 15.9. The molecule has 3 amide bonds. The molecule has 6 rings (SSSR count). The number of carbonyl (C=O) groups excluding carboxylic acids is 3. The molecule has 54 heavy (non-hydrogen) atoms. The van der Waals surface area contributed by atoms with Gasteiger partial charge in [0.2, 0.25) is 5.91 Å². The highest BCUT2D eigenvalue weighted by molar-refractivity contribution is 5.95. The molecule has 14 heteroatoms. The van der Waals surface area contributed by atoms with E-state index in [0.717, 1.165) is 58.8 Å². The number of hydrogen-bond acceptors (Lipinski definition) is 9. The minimum Gasteiger partial charge on any atom is -0.444 e. The maximum atomic E-state index is 15.0. The molecule has 13 nitrogen and oxygen atoms in total. The van der Waals surface area contributed by atoms with Gasteiger partial charge in [-0.15, -0.1) is 0 Å². The van der Waals surface area contributed by atoms with Crippen molar-refractivity contribution in [3.8, 4) is 0 Å². The van der Waals surface area contributed by atoms with Gasteiger partial charge in [-0.2, -0.15) is 5.10 Å². The second-order valence-corrected chi connectivity index (χ2v) is 15.9. The van der Waals surface area contributed by atoms with Crippen LogP contribution < -0.4 is 10.9 Å². The lowest BCUT2D eigenvalue weighted by atomic mass is 9.96. The van der Waals surface area contributed by atoms with Gasteiger partial charge in [0, 0.05) is 77.3 Å². The molecule has 4 heterocycles. The number of amides is 3. The predicted molar refractivity (Wildman–Crippen MR) is 205 cm³/mol. The van der Waals surface area contributed by atoms with Crippen molar-refractivity contribution in [2.45, 2.75) is 52.1 Å². The summed E-state index contributed by atoms with van der Waals surface area (Å²) in [5.41, 5.74) is 0.586. The van der Waals surface area contributed by atoms with Crippen molar-refractivity contribution in [2.24, 2.45) is 5.92 Å². The van der Waals surface area contributed by atoms with Crippen LogP contribution in [0.1, 0.15) is 61.6 Å². The van der Waals surface area contributed by atoms with E-state index in [1.165, 1.54) is 18.9 Å². The normalized spacial score (nSPS) is 18.2. The van der Waals surface area contributed by atoms with Gasteiger partial charge < -0.3 is 29.7 Å². The number of nitrogens with zero attached hydrogens (tertiary/aromatic N) is 6. The lowest BCUT2D eigenvalue weighted by Gasteiger charge is -2.40. The van der Waals surface area contributed by atoms with E-state index >= 15 is 0 Å². The van der Waals surface area contributed by atoms with Gasteiger partial charge in [-0.05, 0) is 89.3 Å². The van der Waals surface area contributed by atoms with E-state index in [0.29, 0.717) is 73.6 Å². The number of likely N-dealkylation sites (tertiary alicyclic amines) is 1. The Morgan fingerprint density at radius 3 is 2.24 bits per heavy atom. The smallest absolute Gasteiger partial charge is 0.407 e. The second-order valence-electron chi connectivity index (χ2n) is 15.9. The minimum absolute atomic E-state index is 0.00544. The van der Waals surface area contributed by atoms with Gasteiger partial charge >= 0.3 is 6.09 Å². The molecule has 292 valence electrons. The zero-order valence-corrected chi connectivity index (χ0v) is 31.9. The van der Waals surface area contributed by atoms with Crippen LogP contribution in [0.25, 0.3) is 10.8 Å². The van der Waals surface area contributed by atoms with Crippen LogP contribution in [0.4, 0.5) is 9.18 Å². The fourth-order valence-electron chi connectivity index (χ4n) is 7.66. The molecule has 0 atom stereocenters. The number of alkyl carbamates (subject to hydrolysis) is 1. The van der Waals surface area contributed by atoms with Crippen molar-refractivity contribution in [3.05, 3.63) is 75.5 Å². The Hall–Kier alpha value is -4.40. The Bertz CT molecular complexity index is 1820. The molecule has 1 aromatic heterocycles. The zero-order chi connectivity index (χ0) is 38.2. The van der Waals surface area contributed by atoms with Crippen LogP contribution in [0.15, 0.2) is 47.3 Å². The summed E-state index contributed by atoms with van der Waals surface area (Å²) < 4.78 is 20.3. The Morgan fingerprint density at radius 1 is 0.870 bits per heavy atom. The Labute approximate surface area is 316 Å². The van der Waals surface area contributed by atoms with Crippen molar-refractivity contribution in [1.82, 2.24) is 40.0 Å². The van der Waals surface area contributed by atoms with Gasteiger partial charge in [-0.3, -0.25) is 19.3 Å². The summed E-state index contributed by atoms with van der Waals surface area (Å²) in [5.74, 6) is -0.238. The molecule has 3 aliphatic rings. The number of benzene rings is 2. The van der Waals surface area contributed by atoms with E-state index in [-0.39, 0.29) is 23.1 Å². The quantitative estimate of drug-likeness (QED) is 0.284. The maximum absolute atomic E-state index is 15.0. The highest BCUT2D eigenvalue weighted by atomic mass is 19.1. The average molecular weight is 747 g/mol. The van der Waals surface area contributed by atoms with Gasteiger partial charge in [0.15, 0.2) is 0 Å². The van der Waals surface area contributed by atoms with E-state index < -0.39 is 17.3 Å². The van der Waals surface area contributed by atoms with Crippen LogP contribution in [-0.2, 0) is 16.0 Å². The third kappa shape index (κ3) is 10.6. The van der Waals surface area contributed by atoms with Gasteiger partial charge in [-0.1, -0.05) is 24.3 Å². The Balaban J connectivity index is 0.880. The molecule has 2 N–H and O–H groups in total. The molecular weight excluding hydrogens is 691 g/mol. The second kappa shape index (κ2) is 17.8. The molecule has 0 aliphatic carbocycles. The van der Waals surface area contributed by atoms with E-state index in [1.807, 2.05) is 37.8 Å². The van der Waals surface area contributed by atoms with Crippen molar-refractivity contribution >= 4 is 28.7 Å². The number of rotatable bonds is 11. The first-order valence-electron chi connectivity index (χ1n) is 19.4. The molecule has 0 spiro atoms.